The zero-order chi connectivity index (χ0) is 11.8. The highest BCUT2D eigenvalue weighted by molar-refractivity contribution is 5.85. The minimum atomic E-state index is -0.950. The van der Waals surface area contributed by atoms with Gasteiger partial charge >= 0.3 is 5.97 Å². The summed E-state index contributed by atoms with van der Waals surface area (Å²) in [5.41, 5.74) is 0.836. The fraction of sp³-hybridized carbons (Fsp3) is 0.250. The van der Waals surface area contributed by atoms with Crippen molar-refractivity contribution in [1.82, 2.24) is 5.32 Å². The van der Waals surface area contributed by atoms with Crippen molar-refractivity contribution in [2.75, 3.05) is 20.2 Å². The summed E-state index contributed by atoms with van der Waals surface area (Å²) in [6.07, 6.45) is 2.65. The lowest BCUT2D eigenvalue weighted by atomic mass is 10.2. The summed E-state index contributed by atoms with van der Waals surface area (Å²) in [6.45, 7) is 1.40. The molecule has 0 aliphatic rings. The van der Waals surface area contributed by atoms with Crippen LogP contribution in [-0.2, 0) is 4.79 Å². The maximum Gasteiger partial charge on any atom is 0.328 e. The van der Waals surface area contributed by atoms with Crippen LogP contribution in [0, 0.1) is 0 Å². The maximum atomic E-state index is 10.3. The average Bonchev–Trinajstić information content (AvgIpc) is 2.28. The summed E-state index contributed by atoms with van der Waals surface area (Å²) in [4.78, 5) is 10.3. The Labute approximate surface area is 94.6 Å². The Morgan fingerprint density at radius 2 is 2.12 bits per heavy atom. The molecule has 0 heterocycles. The second kappa shape index (κ2) is 6.63. The number of carboxylic acid groups (broad SMARTS) is 1. The van der Waals surface area contributed by atoms with Gasteiger partial charge in [-0.2, -0.15) is 0 Å². The zero-order valence-electron chi connectivity index (χ0n) is 9.14. The molecule has 0 fully saturated rings. The van der Waals surface area contributed by atoms with Crippen LogP contribution in [0.1, 0.15) is 5.56 Å². The molecule has 4 nitrogen and oxygen atoms in total. The number of carbonyl (C=O) groups is 1. The molecule has 0 saturated carbocycles. The predicted octanol–water partition coefficient (Wildman–Crippen LogP) is 1.38. The van der Waals surface area contributed by atoms with Gasteiger partial charge in [0.15, 0.2) is 0 Å². The largest absolute Gasteiger partial charge is 0.492 e. The molecule has 0 bridgehead atoms. The molecule has 0 aliphatic heterocycles. The van der Waals surface area contributed by atoms with Gasteiger partial charge in [0, 0.05) is 12.6 Å². The summed E-state index contributed by atoms with van der Waals surface area (Å²) in [5.74, 6) is -0.169. The van der Waals surface area contributed by atoms with Crippen LogP contribution in [0.15, 0.2) is 30.3 Å². The van der Waals surface area contributed by atoms with Gasteiger partial charge in [0.1, 0.15) is 12.4 Å². The van der Waals surface area contributed by atoms with E-state index in [1.807, 2.05) is 31.3 Å². The molecule has 4 heteroatoms. The van der Waals surface area contributed by atoms with E-state index in [2.05, 4.69) is 5.32 Å². The molecule has 1 aromatic rings. The Morgan fingerprint density at radius 1 is 1.44 bits per heavy atom. The van der Waals surface area contributed by atoms with E-state index >= 15 is 0 Å². The van der Waals surface area contributed by atoms with Gasteiger partial charge in [-0.15, -0.1) is 0 Å². The van der Waals surface area contributed by atoms with Crippen LogP contribution >= 0.6 is 0 Å². The monoisotopic (exact) mass is 221 g/mol. The molecule has 0 saturated heterocycles. The van der Waals surface area contributed by atoms with E-state index in [-0.39, 0.29) is 0 Å². The highest BCUT2D eigenvalue weighted by atomic mass is 16.5. The Bertz CT molecular complexity index is 357. The maximum absolute atomic E-state index is 10.3. The lowest BCUT2D eigenvalue weighted by molar-refractivity contribution is -0.131. The van der Waals surface area contributed by atoms with Gasteiger partial charge in [0.05, 0.1) is 0 Å². The van der Waals surface area contributed by atoms with E-state index in [0.29, 0.717) is 6.61 Å². The van der Waals surface area contributed by atoms with Crippen molar-refractivity contribution in [2.45, 2.75) is 0 Å². The number of hydrogen-bond acceptors (Lipinski definition) is 3. The molecular formula is C12H15NO3. The third kappa shape index (κ3) is 4.61. The SMILES string of the molecule is CNCCOc1ccc(/C=C/C(=O)O)cc1. The first kappa shape index (κ1) is 12.3. The first-order chi connectivity index (χ1) is 7.72. The average molecular weight is 221 g/mol. The van der Waals surface area contributed by atoms with Crippen molar-refractivity contribution < 1.29 is 14.6 Å². The number of hydrogen-bond donors (Lipinski definition) is 2. The van der Waals surface area contributed by atoms with Crippen LogP contribution < -0.4 is 10.1 Å². The third-order valence-corrected chi connectivity index (χ3v) is 1.92. The molecule has 2 N–H and O–H groups in total. The van der Waals surface area contributed by atoms with Gasteiger partial charge < -0.3 is 15.2 Å². The normalized spacial score (nSPS) is 10.6. The van der Waals surface area contributed by atoms with Crippen molar-refractivity contribution in [1.29, 1.82) is 0 Å². The van der Waals surface area contributed by atoms with E-state index in [1.165, 1.54) is 0 Å². The fourth-order valence-electron chi connectivity index (χ4n) is 1.11. The second-order valence-electron chi connectivity index (χ2n) is 3.19. The first-order valence-corrected chi connectivity index (χ1v) is 5.01. The summed E-state index contributed by atoms with van der Waals surface area (Å²) in [5, 5.41) is 11.4. The molecule has 0 amide bonds. The van der Waals surface area contributed by atoms with Crippen LogP contribution in [-0.4, -0.2) is 31.3 Å². The molecule has 0 aromatic heterocycles. The van der Waals surface area contributed by atoms with E-state index in [0.717, 1.165) is 23.9 Å². The van der Waals surface area contributed by atoms with E-state index in [4.69, 9.17) is 9.84 Å². The van der Waals surface area contributed by atoms with Gasteiger partial charge in [-0.1, -0.05) is 12.1 Å². The van der Waals surface area contributed by atoms with Crippen molar-refractivity contribution >= 4 is 12.0 Å². The molecule has 86 valence electrons. The number of likely N-dealkylation sites (N-methyl/N-ethyl adjacent to an activating group) is 1. The van der Waals surface area contributed by atoms with Gasteiger partial charge in [0.2, 0.25) is 0 Å². The summed E-state index contributed by atoms with van der Waals surface area (Å²) in [6, 6.07) is 7.26. The van der Waals surface area contributed by atoms with Crippen LogP contribution in [0.3, 0.4) is 0 Å². The predicted molar refractivity (Wildman–Crippen MR) is 62.5 cm³/mol. The molecule has 1 rings (SSSR count). The second-order valence-corrected chi connectivity index (χ2v) is 3.19. The van der Waals surface area contributed by atoms with Gasteiger partial charge in [-0.05, 0) is 30.8 Å². The molecule has 16 heavy (non-hydrogen) atoms. The highest BCUT2D eigenvalue weighted by Gasteiger charge is 1.93. The lowest BCUT2D eigenvalue weighted by Gasteiger charge is -2.05. The standard InChI is InChI=1S/C12H15NO3/c1-13-8-9-16-11-5-2-10(3-6-11)4-7-12(14)15/h2-7,13H,8-9H2,1H3,(H,14,15)/b7-4+. The number of ether oxygens (including phenoxy) is 1. The molecule has 0 unspecified atom stereocenters. The van der Waals surface area contributed by atoms with Crippen LogP contribution in [0.2, 0.25) is 0 Å². The topological polar surface area (TPSA) is 58.6 Å². The lowest BCUT2D eigenvalue weighted by Crippen LogP contribution is -2.15. The first-order valence-electron chi connectivity index (χ1n) is 5.01. The van der Waals surface area contributed by atoms with Crippen LogP contribution in [0.4, 0.5) is 0 Å². The van der Waals surface area contributed by atoms with Crippen molar-refractivity contribution in [3.05, 3.63) is 35.9 Å². The van der Waals surface area contributed by atoms with E-state index in [9.17, 15) is 4.79 Å². The summed E-state index contributed by atoms with van der Waals surface area (Å²) >= 11 is 0. The number of rotatable bonds is 6. The Morgan fingerprint density at radius 3 is 2.69 bits per heavy atom. The Kier molecular flexibility index (Phi) is 5.08. The van der Waals surface area contributed by atoms with Crippen LogP contribution in [0.25, 0.3) is 6.08 Å². The smallest absolute Gasteiger partial charge is 0.328 e. The van der Waals surface area contributed by atoms with Gasteiger partial charge in [-0.3, -0.25) is 0 Å². The molecule has 0 radical (unpaired) electrons. The molecule has 1 aromatic carbocycles. The number of nitrogens with one attached hydrogen (secondary N) is 1. The summed E-state index contributed by atoms with van der Waals surface area (Å²) in [7, 11) is 1.86. The van der Waals surface area contributed by atoms with Crippen LogP contribution in [0.5, 0.6) is 5.75 Å². The van der Waals surface area contributed by atoms with E-state index < -0.39 is 5.97 Å². The Hall–Kier alpha value is -1.81. The minimum Gasteiger partial charge on any atom is -0.492 e. The van der Waals surface area contributed by atoms with Gasteiger partial charge in [-0.25, -0.2) is 4.79 Å². The van der Waals surface area contributed by atoms with E-state index in [1.54, 1.807) is 6.08 Å². The zero-order valence-corrected chi connectivity index (χ0v) is 9.14. The summed E-state index contributed by atoms with van der Waals surface area (Å²) < 4.78 is 5.42. The highest BCUT2D eigenvalue weighted by Crippen LogP contribution is 2.12. The fourth-order valence-corrected chi connectivity index (χ4v) is 1.11. The molecule has 0 atom stereocenters. The molecular weight excluding hydrogens is 206 g/mol. The number of aliphatic carboxylic acids is 1. The van der Waals surface area contributed by atoms with Crippen molar-refractivity contribution in [3.8, 4) is 5.75 Å². The molecule has 0 spiro atoms. The molecule has 0 aliphatic carbocycles. The Balaban J connectivity index is 2.51. The van der Waals surface area contributed by atoms with Crippen molar-refractivity contribution in [2.24, 2.45) is 0 Å². The number of carboxylic acids is 1. The third-order valence-electron chi connectivity index (χ3n) is 1.92. The minimum absolute atomic E-state index is 0.612. The quantitative estimate of drug-likeness (QED) is 0.563. The van der Waals surface area contributed by atoms with Gasteiger partial charge in [0.25, 0.3) is 0 Å². The van der Waals surface area contributed by atoms with Crippen molar-refractivity contribution in [3.63, 3.8) is 0 Å². The number of benzene rings is 1.